The molecular weight excluding hydrogens is 266 g/mol. The van der Waals surface area contributed by atoms with Gasteiger partial charge < -0.3 is 15.6 Å². The van der Waals surface area contributed by atoms with Crippen LogP contribution >= 0.6 is 0 Å². The van der Waals surface area contributed by atoms with Crippen LogP contribution < -0.4 is 10.6 Å². The molecule has 0 unspecified atom stereocenters. The monoisotopic (exact) mass is 287 g/mol. The van der Waals surface area contributed by atoms with Crippen LogP contribution in [0.2, 0.25) is 0 Å². The molecule has 3 N–H and O–H groups in total. The van der Waals surface area contributed by atoms with Crippen molar-refractivity contribution in [1.29, 1.82) is 0 Å². The molecule has 21 heavy (non-hydrogen) atoms. The Balaban J connectivity index is 1.98. The molecule has 2 aromatic rings. The Kier molecular flexibility index (Phi) is 4.31. The van der Waals surface area contributed by atoms with Crippen molar-refractivity contribution in [2.24, 2.45) is 5.41 Å². The van der Waals surface area contributed by atoms with Gasteiger partial charge in [-0.1, -0.05) is 18.2 Å². The minimum atomic E-state index is -0.620. The summed E-state index contributed by atoms with van der Waals surface area (Å²) in [6, 6.07) is 7.87. The molecule has 112 valence electrons. The molecule has 1 heterocycles. The fourth-order valence-electron chi connectivity index (χ4n) is 2.25. The summed E-state index contributed by atoms with van der Waals surface area (Å²) in [5.74, 6) is -0.174. The number of aromatic nitrogens is 1. The second-order valence-corrected chi connectivity index (χ2v) is 5.78. The zero-order valence-electron chi connectivity index (χ0n) is 12.6. The summed E-state index contributed by atoms with van der Waals surface area (Å²) >= 11 is 0. The van der Waals surface area contributed by atoms with E-state index in [2.05, 4.69) is 15.6 Å². The van der Waals surface area contributed by atoms with Gasteiger partial charge in [-0.05, 0) is 25.5 Å². The number of hydrogen-bond acceptors (Lipinski definition) is 2. The van der Waals surface area contributed by atoms with Gasteiger partial charge in [0, 0.05) is 30.7 Å². The van der Waals surface area contributed by atoms with E-state index in [4.69, 9.17) is 0 Å². The molecule has 1 aromatic carbocycles. The predicted octanol–water partition coefficient (Wildman–Crippen LogP) is 1.60. The number of rotatable bonds is 5. The van der Waals surface area contributed by atoms with E-state index in [0.29, 0.717) is 13.0 Å². The van der Waals surface area contributed by atoms with Crippen LogP contribution in [0.5, 0.6) is 0 Å². The number of carbonyl (C=O) groups excluding carboxylic acids is 2. The Morgan fingerprint density at radius 1 is 1.24 bits per heavy atom. The summed E-state index contributed by atoms with van der Waals surface area (Å²) in [4.78, 5) is 26.9. The van der Waals surface area contributed by atoms with Crippen molar-refractivity contribution in [3.8, 4) is 0 Å². The Bertz CT molecular complexity index is 658. The summed E-state index contributed by atoms with van der Waals surface area (Å²) in [7, 11) is 1.60. The number of nitrogens with one attached hydrogen (secondary N) is 3. The van der Waals surface area contributed by atoms with Crippen LogP contribution in [0.15, 0.2) is 30.5 Å². The summed E-state index contributed by atoms with van der Waals surface area (Å²) in [5.41, 5.74) is 1.36. The first-order valence-electron chi connectivity index (χ1n) is 6.98. The van der Waals surface area contributed by atoms with Gasteiger partial charge in [0.1, 0.15) is 0 Å². The minimum absolute atomic E-state index is 0.0864. The van der Waals surface area contributed by atoms with Crippen molar-refractivity contribution in [2.45, 2.75) is 20.3 Å². The lowest BCUT2D eigenvalue weighted by molar-refractivity contribution is -0.129. The van der Waals surface area contributed by atoms with Gasteiger partial charge in [0.15, 0.2) is 0 Å². The van der Waals surface area contributed by atoms with Gasteiger partial charge in [-0.3, -0.25) is 9.59 Å². The fraction of sp³-hybridized carbons (Fsp3) is 0.375. The number of para-hydroxylation sites is 1. The van der Waals surface area contributed by atoms with E-state index >= 15 is 0 Å². The summed E-state index contributed by atoms with van der Waals surface area (Å²) < 4.78 is 0. The molecular formula is C16H21N3O2. The topological polar surface area (TPSA) is 74.0 Å². The molecule has 5 heteroatoms. The second-order valence-electron chi connectivity index (χ2n) is 5.78. The van der Waals surface area contributed by atoms with Crippen molar-refractivity contribution in [3.05, 3.63) is 36.0 Å². The molecule has 0 aliphatic carbocycles. The number of fused-ring (bicyclic) bond motifs is 1. The van der Waals surface area contributed by atoms with Gasteiger partial charge in [-0.2, -0.15) is 0 Å². The highest BCUT2D eigenvalue weighted by atomic mass is 16.2. The van der Waals surface area contributed by atoms with Crippen molar-refractivity contribution in [2.75, 3.05) is 13.6 Å². The van der Waals surface area contributed by atoms with E-state index in [0.717, 1.165) is 16.5 Å². The molecule has 0 saturated heterocycles. The maximum atomic E-state index is 12.1. The molecule has 0 fully saturated rings. The molecule has 0 radical (unpaired) electrons. The van der Waals surface area contributed by atoms with Gasteiger partial charge in [-0.25, -0.2) is 0 Å². The van der Waals surface area contributed by atoms with E-state index in [-0.39, 0.29) is 11.8 Å². The van der Waals surface area contributed by atoms with Crippen molar-refractivity contribution < 1.29 is 9.59 Å². The molecule has 0 bridgehead atoms. The van der Waals surface area contributed by atoms with Crippen molar-refractivity contribution in [1.82, 2.24) is 15.6 Å². The van der Waals surface area contributed by atoms with Crippen LogP contribution in [0, 0.1) is 5.41 Å². The molecule has 5 nitrogen and oxygen atoms in total. The zero-order chi connectivity index (χ0) is 15.5. The lowest BCUT2D eigenvalue weighted by atomic mass is 9.92. The highest BCUT2D eigenvalue weighted by Gasteiger charge is 2.27. The van der Waals surface area contributed by atoms with Gasteiger partial charge in [0.25, 0.3) is 0 Å². The average Bonchev–Trinajstić information content (AvgIpc) is 2.88. The molecule has 0 spiro atoms. The first-order chi connectivity index (χ1) is 9.94. The molecule has 2 amide bonds. The van der Waals surface area contributed by atoms with E-state index < -0.39 is 5.41 Å². The standard InChI is InChI=1S/C16H21N3O2/c1-16(2,15(21)17-3)10-19-14(20)8-11-9-18-13-7-5-4-6-12(11)13/h4-7,9,18H,8,10H2,1-3H3,(H,17,21)(H,19,20). The van der Waals surface area contributed by atoms with Gasteiger partial charge >= 0.3 is 0 Å². The normalized spacial score (nSPS) is 11.4. The Morgan fingerprint density at radius 3 is 2.67 bits per heavy atom. The quantitative estimate of drug-likeness (QED) is 0.781. The maximum Gasteiger partial charge on any atom is 0.227 e. The number of amides is 2. The highest BCUT2D eigenvalue weighted by Crippen LogP contribution is 2.18. The first kappa shape index (κ1) is 15.1. The number of carbonyl (C=O) groups is 2. The number of aromatic amines is 1. The van der Waals surface area contributed by atoms with Crippen LogP contribution in [0.4, 0.5) is 0 Å². The van der Waals surface area contributed by atoms with Gasteiger partial charge in [0.2, 0.25) is 11.8 Å². The van der Waals surface area contributed by atoms with E-state index in [1.54, 1.807) is 20.9 Å². The largest absolute Gasteiger partial charge is 0.361 e. The Labute approximate surface area is 124 Å². The predicted molar refractivity (Wildman–Crippen MR) is 82.9 cm³/mol. The maximum absolute atomic E-state index is 12.1. The lowest BCUT2D eigenvalue weighted by Crippen LogP contribution is -2.44. The van der Waals surface area contributed by atoms with Crippen molar-refractivity contribution in [3.63, 3.8) is 0 Å². The molecule has 0 aliphatic heterocycles. The van der Waals surface area contributed by atoms with Crippen LogP contribution in [0.3, 0.4) is 0 Å². The highest BCUT2D eigenvalue weighted by molar-refractivity contribution is 5.89. The SMILES string of the molecule is CNC(=O)C(C)(C)CNC(=O)Cc1c[nH]c2ccccc12. The zero-order valence-corrected chi connectivity index (χ0v) is 12.6. The molecule has 0 aliphatic rings. The second kappa shape index (κ2) is 5.99. The van der Waals surface area contributed by atoms with Gasteiger partial charge in [-0.15, -0.1) is 0 Å². The van der Waals surface area contributed by atoms with Gasteiger partial charge in [0.05, 0.1) is 11.8 Å². The summed E-state index contributed by atoms with van der Waals surface area (Å²) in [6.07, 6.45) is 2.15. The minimum Gasteiger partial charge on any atom is -0.361 e. The van der Waals surface area contributed by atoms with E-state index in [9.17, 15) is 9.59 Å². The van der Waals surface area contributed by atoms with Crippen LogP contribution in [0.25, 0.3) is 10.9 Å². The van der Waals surface area contributed by atoms with Crippen LogP contribution in [0.1, 0.15) is 19.4 Å². The lowest BCUT2D eigenvalue weighted by Gasteiger charge is -2.22. The first-order valence-corrected chi connectivity index (χ1v) is 6.98. The van der Waals surface area contributed by atoms with E-state index in [1.165, 1.54) is 0 Å². The molecule has 0 atom stereocenters. The number of hydrogen-bond donors (Lipinski definition) is 3. The Morgan fingerprint density at radius 2 is 1.95 bits per heavy atom. The third kappa shape index (κ3) is 3.42. The third-order valence-electron chi connectivity index (χ3n) is 3.60. The molecule has 2 rings (SSSR count). The summed E-state index contributed by atoms with van der Waals surface area (Å²) in [5, 5.41) is 6.48. The Hall–Kier alpha value is -2.30. The molecule has 1 aromatic heterocycles. The summed E-state index contributed by atoms with van der Waals surface area (Å²) in [6.45, 7) is 3.92. The van der Waals surface area contributed by atoms with E-state index in [1.807, 2.05) is 30.5 Å². The third-order valence-corrected chi connectivity index (χ3v) is 3.60. The van der Waals surface area contributed by atoms with Crippen LogP contribution in [-0.4, -0.2) is 30.4 Å². The smallest absolute Gasteiger partial charge is 0.227 e. The molecule has 0 saturated carbocycles. The average molecular weight is 287 g/mol. The van der Waals surface area contributed by atoms with Crippen LogP contribution in [-0.2, 0) is 16.0 Å². The fourth-order valence-corrected chi connectivity index (χ4v) is 2.25. The number of benzene rings is 1. The van der Waals surface area contributed by atoms with Crippen molar-refractivity contribution >= 4 is 22.7 Å². The number of H-pyrrole nitrogens is 1.